The van der Waals surface area contributed by atoms with Crippen LogP contribution in [0, 0.1) is 0 Å². The summed E-state index contributed by atoms with van der Waals surface area (Å²) in [5.74, 6) is -1.30. The van der Waals surface area contributed by atoms with E-state index in [1.54, 1.807) is 39.0 Å². The maximum Gasteiger partial charge on any atom is 0.412 e. The highest BCUT2D eigenvalue weighted by atomic mass is 79.9. The van der Waals surface area contributed by atoms with Crippen LogP contribution in [0.1, 0.15) is 37.6 Å². The molecule has 2 rings (SSSR count). The molecule has 3 N–H and O–H groups in total. The number of hydrogen-bond acceptors (Lipinski definition) is 6. The minimum atomic E-state index is -0.690. The summed E-state index contributed by atoms with van der Waals surface area (Å²) in [6, 6.07) is 6.04. The lowest BCUT2D eigenvalue weighted by molar-refractivity contribution is -0.115. The number of carbonyl (C=O) groups excluding carboxylic acids is 3. The van der Waals surface area contributed by atoms with E-state index in [1.807, 2.05) is 0 Å². The molecule has 28 heavy (non-hydrogen) atoms. The third-order valence-electron chi connectivity index (χ3n) is 3.24. The van der Waals surface area contributed by atoms with Gasteiger partial charge >= 0.3 is 6.09 Å². The molecule has 1 aromatic carbocycles. The van der Waals surface area contributed by atoms with Gasteiger partial charge in [0.25, 0.3) is 5.56 Å². The van der Waals surface area contributed by atoms with Gasteiger partial charge in [0.2, 0.25) is 5.91 Å². The number of halogens is 1. The van der Waals surface area contributed by atoms with Gasteiger partial charge in [0, 0.05) is 10.7 Å². The number of aromatic amines is 1. The van der Waals surface area contributed by atoms with Crippen molar-refractivity contribution in [2.45, 2.75) is 32.8 Å². The molecule has 10 heteroatoms. The van der Waals surface area contributed by atoms with E-state index in [4.69, 9.17) is 4.74 Å². The normalized spacial score (nSPS) is 10.9. The molecule has 0 aliphatic rings. The molecule has 0 unspecified atom stereocenters. The highest BCUT2D eigenvalue weighted by Crippen LogP contribution is 2.27. The van der Waals surface area contributed by atoms with Crippen LogP contribution in [0.5, 0.6) is 0 Å². The number of Topliss-reactive ketones (excluding diaryl/α,β-unsaturated/α-hetero) is 1. The van der Waals surface area contributed by atoms with Gasteiger partial charge in [0.15, 0.2) is 5.78 Å². The summed E-state index contributed by atoms with van der Waals surface area (Å²) in [7, 11) is 0. The highest BCUT2D eigenvalue weighted by Gasteiger charge is 2.19. The Labute approximate surface area is 169 Å². The molecule has 0 fully saturated rings. The summed E-state index contributed by atoms with van der Waals surface area (Å²) >= 11 is 3.28. The van der Waals surface area contributed by atoms with Crippen molar-refractivity contribution in [2.24, 2.45) is 0 Å². The lowest BCUT2D eigenvalue weighted by Gasteiger charge is -2.20. The first-order chi connectivity index (χ1) is 13.0. The molecule has 0 saturated heterocycles. The van der Waals surface area contributed by atoms with Gasteiger partial charge < -0.3 is 10.1 Å². The van der Waals surface area contributed by atoms with Gasteiger partial charge in [0.1, 0.15) is 5.60 Å². The number of nitrogens with zero attached hydrogens (tertiary/aromatic N) is 1. The number of carbonyl (C=O) groups is 3. The summed E-state index contributed by atoms with van der Waals surface area (Å²) in [5, 5.41) is 10.7. The predicted molar refractivity (Wildman–Crippen MR) is 106 cm³/mol. The molecule has 9 nitrogen and oxygen atoms in total. The maximum atomic E-state index is 12.3. The zero-order chi connectivity index (χ0) is 20.9. The number of anilines is 2. The molecule has 1 heterocycles. The van der Waals surface area contributed by atoms with E-state index in [2.05, 4.69) is 36.8 Å². The number of nitrogens with one attached hydrogen (secondary N) is 3. The van der Waals surface area contributed by atoms with Crippen molar-refractivity contribution in [3.63, 3.8) is 0 Å². The number of hydrogen-bond donors (Lipinski definition) is 3. The number of ether oxygens (including phenoxy) is 1. The van der Waals surface area contributed by atoms with Crippen molar-refractivity contribution in [1.29, 1.82) is 0 Å². The molecule has 0 radical (unpaired) electrons. The Morgan fingerprint density at radius 2 is 1.86 bits per heavy atom. The highest BCUT2D eigenvalue weighted by molar-refractivity contribution is 9.10. The molecule has 0 bridgehead atoms. The van der Waals surface area contributed by atoms with Crippen molar-refractivity contribution in [1.82, 2.24) is 10.2 Å². The number of benzene rings is 1. The molecule has 0 saturated carbocycles. The van der Waals surface area contributed by atoms with Gasteiger partial charge in [0.05, 0.1) is 23.4 Å². The first-order valence-corrected chi connectivity index (χ1v) is 9.01. The fourth-order valence-electron chi connectivity index (χ4n) is 2.14. The molecule has 1 aromatic heterocycles. The first-order valence-electron chi connectivity index (χ1n) is 8.21. The predicted octanol–water partition coefficient (Wildman–Crippen LogP) is 3.09. The number of ketones is 1. The van der Waals surface area contributed by atoms with E-state index in [0.717, 1.165) is 0 Å². The Bertz CT molecular complexity index is 965. The summed E-state index contributed by atoms with van der Waals surface area (Å²) in [5.41, 5.74) is -0.962. The van der Waals surface area contributed by atoms with E-state index in [-0.39, 0.29) is 11.3 Å². The van der Waals surface area contributed by atoms with Gasteiger partial charge in [-0.15, -0.1) is 0 Å². The molecule has 0 atom stereocenters. The van der Waals surface area contributed by atoms with Crippen LogP contribution in [0.4, 0.5) is 16.2 Å². The number of H-pyrrole nitrogens is 1. The minimum Gasteiger partial charge on any atom is -0.444 e. The summed E-state index contributed by atoms with van der Waals surface area (Å²) in [6.45, 7) is 5.18. The molecule has 0 aliphatic carbocycles. The Hall–Kier alpha value is -3.01. The van der Waals surface area contributed by atoms with E-state index in [9.17, 15) is 19.2 Å². The average Bonchev–Trinajstić information content (AvgIpc) is 2.56. The Kier molecular flexibility index (Phi) is 6.68. The number of amides is 2. The first kappa shape index (κ1) is 21.3. The lowest BCUT2D eigenvalue weighted by Crippen LogP contribution is -2.28. The quantitative estimate of drug-likeness (QED) is 0.473. The Morgan fingerprint density at radius 3 is 2.50 bits per heavy atom. The Balaban J connectivity index is 2.12. The average molecular weight is 451 g/mol. The molecule has 0 spiro atoms. The topological polar surface area (TPSA) is 130 Å². The monoisotopic (exact) mass is 450 g/mol. The van der Waals surface area contributed by atoms with Gasteiger partial charge in [-0.3, -0.25) is 19.7 Å². The van der Waals surface area contributed by atoms with Gasteiger partial charge in [-0.05, 0) is 45.0 Å². The largest absolute Gasteiger partial charge is 0.444 e. The van der Waals surface area contributed by atoms with Crippen LogP contribution in [-0.4, -0.2) is 33.6 Å². The van der Waals surface area contributed by atoms with E-state index in [1.165, 1.54) is 12.3 Å². The van der Waals surface area contributed by atoms with Crippen LogP contribution in [0.25, 0.3) is 0 Å². The fraction of sp³-hybridized carbons (Fsp3) is 0.278. The van der Waals surface area contributed by atoms with Gasteiger partial charge in [-0.1, -0.05) is 15.9 Å². The van der Waals surface area contributed by atoms with Crippen molar-refractivity contribution < 1.29 is 19.1 Å². The fourth-order valence-corrected chi connectivity index (χ4v) is 2.50. The standard InChI is InChI=1S/C18H19BrN4O5/c1-18(2,3)28-17(27)22-12-5-4-10(19)8-13(12)21-15(25)9-14(24)11-6-7-20-23-16(11)26/h4-8H,9H2,1-3H3,(H,21,25)(H,22,27)(H,23,26). The second kappa shape index (κ2) is 8.79. The number of aromatic nitrogens is 2. The summed E-state index contributed by atoms with van der Waals surface area (Å²) < 4.78 is 5.84. The minimum absolute atomic E-state index is 0.161. The Morgan fingerprint density at radius 1 is 1.14 bits per heavy atom. The van der Waals surface area contributed by atoms with Gasteiger partial charge in [-0.25, -0.2) is 9.89 Å². The van der Waals surface area contributed by atoms with Crippen LogP contribution in [0.15, 0.2) is 39.7 Å². The third-order valence-corrected chi connectivity index (χ3v) is 3.73. The molecule has 148 valence electrons. The molecular weight excluding hydrogens is 432 g/mol. The smallest absolute Gasteiger partial charge is 0.412 e. The number of rotatable bonds is 5. The molecule has 2 aromatic rings. The third kappa shape index (κ3) is 6.31. The zero-order valence-corrected chi connectivity index (χ0v) is 17.0. The van der Waals surface area contributed by atoms with Crippen molar-refractivity contribution in [2.75, 3.05) is 10.6 Å². The molecule has 0 aliphatic heterocycles. The van der Waals surface area contributed by atoms with E-state index in [0.29, 0.717) is 10.2 Å². The second-order valence-corrected chi connectivity index (χ2v) is 7.68. The molecular formula is C18H19BrN4O5. The van der Waals surface area contributed by atoms with Crippen molar-refractivity contribution >= 4 is 45.1 Å². The maximum absolute atomic E-state index is 12.3. The van der Waals surface area contributed by atoms with E-state index < -0.39 is 35.4 Å². The van der Waals surface area contributed by atoms with Crippen LogP contribution in [-0.2, 0) is 9.53 Å². The van der Waals surface area contributed by atoms with Crippen LogP contribution < -0.4 is 16.2 Å². The van der Waals surface area contributed by atoms with Crippen LogP contribution in [0.2, 0.25) is 0 Å². The van der Waals surface area contributed by atoms with Crippen LogP contribution >= 0.6 is 15.9 Å². The van der Waals surface area contributed by atoms with Gasteiger partial charge in [-0.2, -0.15) is 5.10 Å². The zero-order valence-electron chi connectivity index (χ0n) is 15.5. The summed E-state index contributed by atoms with van der Waals surface area (Å²) in [6.07, 6.45) is 0.0135. The SMILES string of the molecule is CC(C)(C)OC(=O)Nc1ccc(Br)cc1NC(=O)CC(=O)c1ccn[nH]c1=O. The lowest BCUT2D eigenvalue weighted by atomic mass is 10.1. The van der Waals surface area contributed by atoms with Crippen molar-refractivity contribution in [3.05, 3.63) is 50.9 Å². The van der Waals surface area contributed by atoms with E-state index >= 15 is 0 Å². The second-order valence-electron chi connectivity index (χ2n) is 6.76. The van der Waals surface area contributed by atoms with Crippen LogP contribution in [0.3, 0.4) is 0 Å². The van der Waals surface area contributed by atoms with Crippen molar-refractivity contribution in [3.8, 4) is 0 Å². The summed E-state index contributed by atoms with van der Waals surface area (Å²) in [4.78, 5) is 48.0. The molecule has 2 amide bonds.